The largest absolute Gasteiger partial charge is 0.338 e. The van der Waals surface area contributed by atoms with Crippen LogP contribution in [-0.2, 0) is 0 Å². The van der Waals surface area contributed by atoms with E-state index in [4.69, 9.17) is 0 Å². The van der Waals surface area contributed by atoms with Gasteiger partial charge in [-0.3, -0.25) is 10.00 Å². The van der Waals surface area contributed by atoms with Gasteiger partial charge in [-0.15, -0.1) is 0 Å². The first-order chi connectivity index (χ1) is 6.63. The van der Waals surface area contributed by atoms with Crippen molar-refractivity contribution < 1.29 is 4.79 Å². The lowest BCUT2D eigenvalue weighted by molar-refractivity contribution is 0.252. The molecule has 1 aromatic rings. The van der Waals surface area contributed by atoms with Gasteiger partial charge in [-0.1, -0.05) is 0 Å². The molecule has 5 nitrogen and oxygen atoms in total. The molecule has 1 aromatic heterocycles. The Morgan fingerprint density at radius 3 is 2.86 bits per heavy atom. The molecule has 14 heavy (non-hydrogen) atoms. The number of hydrogen-bond acceptors (Lipinski definition) is 2. The Labute approximate surface area is 83.5 Å². The summed E-state index contributed by atoms with van der Waals surface area (Å²) in [7, 11) is 0. The molecule has 0 unspecified atom stereocenters. The maximum absolute atomic E-state index is 11.1. The number of nitrogens with zero attached hydrogens (tertiary/aromatic N) is 2. The van der Waals surface area contributed by atoms with Crippen LogP contribution in [0, 0.1) is 0 Å². The van der Waals surface area contributed by atoms with Gasteiger partial charge in [-0.25, -0.2) is 4.79 Å². The summed E-state index contributed by atoms with van der Waals surface area (Å²) in [6, 6.07) is 1.86. The van der Waals surface area contributed by atoms with Gasteiger partial charge in [0.25, 0.3) is 0 Å². The van der Waals surface area contributed by atoms with Crippen LogP contribution in [0.1, 0.15) is 26.8 Å². The predicted molar refractivity (Wildman–Crippen MR) is 55.3 cm³/mol. The zero-order chi connectivity index (χ0) is 10.6. The van der Waals surface area contributed by atoms with E-state index < -0.39 is 0 Å². The Bertz CT molecular complexity index is 306. The Morgan fingerprint density at radius 2 is 2.36 bits per heavy atom. The van der Waals surface area contributed by atoms with Gasteiger partial charge >= 0.3 is 6.03 Å². The molecule has 0 aliphatic heterocycles. The standard InChI is InChI=1S/C9H16N4O/c1-4-10-9(14)11-8-5-6-13(12-8)7(2)3/h5-7H,4H2,1-3H3,(H2,10,11,12,14). The minimum Gasteiger partial charge on any atom is -0.338 e. The Morgan fingerprint density at radius 1 is 1.64 bits per heavy atom. The summed E-state index contributed by atoms with van der Waals surface area (Å²) in [4.78, 5) is 11.1. The minimum atomic E-state index is -0.221. The maximum atomic E-state index is 11.1. The number of hydrogen-bond donors (Lipinski definition) is 2. The normalized spacial score (nSPS) is 10.3. The van der Waals surface area contributed by atoms with Gasteiger partial charge in [0.05, 0.1) is 0 Å². The summed E-state index contributed by atoms with van der Waals surface area (Å²) in [6.45, 7) is 6.54. The highest BCUT2D eigenvalue weighted by molar-refractivity contribution is 5.87. The molecule has 0 fully saturated rings. The van der Waals surface area contributed by atoms with Crippen molar-refractivity contribution >= 4 is 11.8 Å². The van der Waals surface area contributed by atoms with E-state index >= 15 is 0 Å². The summed E-state index contributed by atoms with van der Waals surface area (Å²) in [5, 5.41) is 9.45. The molecule has 0 saturated heterocycles. The SMILES string of the molecule is CCNC(=O)Nc1ccn(C(C)C)n1. The topological polar surface area (TPSA) is 59.0 Å². The molecule has 1 rings (SSSR count). The van der Waals surface area contributed by atoms with Gasteiger partial charge in [0.15, 0.2) is 5.82 Å². The summed E-state index contributed by atoms with van der Waals surface area (Å²) in [5.41, 5.74) is 0. The molecule has 2 N–H and O–H groups in total. The molecule has 0 atom stereocenters. The van der Waals surface area contributed by atoms with Gasteiger partial charge in [0.2, 0.25) is 0 Å². The van der Waals surface area contributed by atoms with Crippen LogP contribution >= 0.6 is 0 Å². The Hall–Kier alpha value is -1.52. The number of rotatable bonds is 3. The second-order valence-electron chi connectivity index (χ2n) is 3.26. The third-order valence-electron chi connectivity index (χ3n) is 1.72. The van der Waals surface area contributed by atoms with Crippen molar-refractivity contribution in [2.75, 3.05) is 11.9 Å². The number of urea groups is 1. The van der Waals surface area contributed by atoms with Crippen LogP contribution < -0.4 is 10.6 Å². The molecule has 1 heterocycles. The summed E-state index contributed by atoms with van der Waals surface area (Å²) >= 11 is 0. The van der Waals surface area contributed by atoms with Crippen molar-refractivity contribution in [1.82, 2.24) is 15.1 Å². The fourth-order valence-corrected chi connectivity index (χ4v) is 1.01. The molecule has 0 bridgehead atoms. The second-order valence-corrected chi connectivity index (χ2v) is 3.26. The fourth-order valence-electron chi connectivity index (χ4n) is 1.01. The lowest BCUT2D eigenvalue weighted by Crippen LogP contribution is -2.28. The monoisotopic (exact) mass is 196 g/mol. The Kier molecular flexibility index (Phi) is 3.50. The highest BCUT2D eigenvalue weighted by Gasteiger charge is 2.04. The molecule has 0 saturated carbocycles. The molecule has 0 aromatic carbocycles. The first kappa shape index (κ1) is 10.6. The first-order valence-corrected chi connectivity index (χ1v) is 4.73. The van der Waals surface area contributed by atoms with Crippen molar-refractivity contribution in [3.8, 4) is 0 Å². The van der Waals surface area contributed by atoms with E-state index in [1.807, 2.05) is 27.0 Å². The molecule has 0 radical (unpaired) electrons. The van der Waals surface area contributed by atoms with E-state index in [1.165, 1.54) is 0 Å². The van der Waals surface area contributed by atoms with E-state index in [-0.39, 0.29) is 6.03 Å². The molecule has 78 valence electrons. The van der Waals surface area contributed by atoms with Crippen LogP contribution in [0.15, 0.2) is 12.3 Å². The van der Waals surface area contributed by atoms with Gasteiger partial charge in [0, 0.05) is 24.8 Å². The number of nitrogens with one attached hydrogen (secondary N) is 2. The van der Waals surface area contributed by atoms with Crippen LogP contribution in [0.2, 0.25) is 0 Å². The highest BCUT2D eigenvalue weighted by Crippen LogP contribution is 2.07. The van der Waals surface area contributed by atoms with Gasteiger partial charge < -0.3 is 5.32 Å². The molecular weight excluding hydrogens is 180 g/mol. The van der Waals surface area contributed by atoms with Gasteiger partial charge in [-0.05, 0) is 20.8 Å². The smallest absolute Gasteiger partial charge is 0.320 e. The average Bonchev–Trinajstić information content (AvgIpc) is 2.53. The third kappa shape index (κ3) is 2.76. The van der Waals surface area contributed by atoms with E-state index in [0.717, 1.165) is 0 Å². The highest BCUT2D eigenvalue weighted by atomic mass is 16.2. The minimum absolute atomic E-state index is 0.221. The van der Waals surface area contributed by atoms with Crippen LogP contribution in [0.5, 0.6) is 0 Å². The number of carbonyl (C=O) groups is 1. The molecule has 5 heteroatoms. The van der Waals surface area contributed by atoms with E-state index in [0.29, 0.717) is 18.4 Å². The van der Waals surface area contributed by atoms with Crippen LogP contribution in [0.25, 0.3) is 0 Å². The van der Waals surface area contributed by atoms with E-state index in [2.05, 4.69) is 15.7 Å². The number of aromatic nitrogens is 2. The fraction of sp³-hybridized carbons (Fsp3) is 0.556. The predicted octanol–water partition coefficient (Wildman–Crippen LogP) is 1.61. The van der Waals surface area contributed by atoms with Crippen molar-refractivity contribution in [3.63, 3.8) is 0 Å². The molecule has 0 aliphatic rings. The van der Waals surface area contributed by atoms with Crippen molar-refractivity contribution in [1.29, 1.82) is 0 Å². The maximum Gasteiger partial charge on any atom is 0.320 e. The van der Waals surface area contributed by atoms with Gasteiger partial charge in [-0.2, -0.15) is 5.10 Å². The Balaban J connectivity index is 2.55. The van der Waals surface area contributed by atoms with E-state index in [9.17, 15) is 4.79 Å². The third-order valence-corrected chi connectivity index (χ3v) is 1.72. The molecular formula is C9H16N4O. The van der Waals surface area contributed by atoms with Crippen LogP contribution in [0.4, 0.5) is 10.6 Å². The zero-order valence-electron chi connectivity index (χ0n) is 8.74. The zero-order valence-corrected chi connectivity index (χ0v) is 8.74. The summed E-state index contributed by atoms with van der Waals surface area (Å²) in [5.74, 6) is 0.574. The second kappa shape index (κ2) is 4.64. The van der Waals surface area contributed by atoms with Crippen molar-refractivity contribution in [2.24, 2.45) is 0 Å². The lowest BCUT2D eigenvalue weighted by atomic mass is 10.4. The van der Waals surface area contributed by atoms with Crippen LogP contribution in [-0.4, -0.2) is 22.4 Å². The number of anilines is 1. The lowest BCUT2D eigenvalue weighted by Gasteiger charge is -2.04. The number of carbonyl (C=O) groups excluding carboxylic acids is 1. The quantitative estimate of drug-likeness (QED) is 0.771. The number of amides is 2. The van der Waals surface area contributed by atoms with Gasteiger partial charge in [0.1, 0.15) is 0 Å². The molecule has 2 amide bonds. The summed E-state index contributed by atoms with van der Waals surface area (Å²) in [6.07, 6.45) is 1.84. The van der Waals surface area contributed by atoms with Crippen molar-refractivity contribution in [3.05, 3.63) is 12.3 Å². The van der Waals surface area contributed by atoms with Crippen molar-refractivity contribution in [2.45, 2.75) is 26.8 Å². The molecule has 0 spiro atoms. The first-order valence-electron chi connectivity index (χ1n) is 4.73. The van der Waals surface area contributed by atoms with E-state index in [1.54, 1.807) is 10.7 Å². The summed E-state index contributed by atoms with van der Waals surface area (Å²) < 4.78 is 1.79. The average molecular weight is 196 g/mol. The van der Waals surface area contributed by atoms with Crippen LogP contribution in [0.3, 0.4) is 0 Å². The molecule has 0 aliphatic carbocycles.